The third kappa shape index (κ3) is 1.21. The van der Waals surface area contributed by atoms with E-state index in [1.807, 2.05) is 24.3 Å². The van der Waals surface area contributed by atoms with Crippen molar-refractivity contribution in [3.8, 4) is 6.07 Å². The molecule has 0 aromatic heterocycles. The van der Waals surface area contributed by atoms with E-state index in [0.29, 0.717) is 11.5 Å². The van der Waals surface area contributed by atoms with Crippen LogP contribution < -0.4 is 5.73 Å². The third-order valence-electron chi connectivity index (χ3n) is 3.31. The SMILES string of the molecule is CC1(C)[C@@H](N)[C@@H]1c1ccc(C#N)cc1. The average molecular weight is 186 g/mol. The summed E-state index contributed by atoms with van der Waals surface area (Å²) in [6.07, 6.45) is 0. The van der Waals surface area contributed by atoms with Gasteiger partial charge in [0.25, 0.3) is 0 Å². The number of rotatable bonds is 1. The molecule has 0 spiro atoms. The average Bonchev–Trinajstić information content (AvgIpc) is 2.67. The molecule has 1 aromatic rings. The molecule has 2 atom stereocenters. The number of nitrogens with zero attached hydrogens (tertiary/aromatic N) is 1. The first-order chi connectivity index (χ1) is 6.57. The molecule has 2 nitrogen and oxygen atoms in total. The largest absolute Gasteiger partial charge is 0.327 e. The maximum absolute atomic E-state index is 8.66. The molecule has 14 heavy (non-hydrogen) atoms. The Labute approximate surface area is 84.3 Å². The zero-order valence-corrected chi connectivity index (χ0v) is 8.49. The molecule has 0 aliphatic heterocycles. The fraction of sp³-hybridized carbons (Fsp3) is 0.417. The molecular formula is C12H14N2. The number of nitriles is 1. The van der Waals surface area contributed by atoms with Crippen molar-refractivity contribution in [1.82, 2.24) is 0 Å². The highest BCUT2D eigenvalue weighted by Crippen LogP contribution is 2.57. The maximum atomic E-state index is 8.66. The van der Waals surface area contributed by atoms with E-state index >= 15 is 0 Å². The summed E-state index contributed by atoms with van der Waals surface area (Å²) in [5, 5.41) is 8.66. The molecule has 1 aliphatic rings. The molecule has 2 heteroatoms. The van der Waals surface area contributed by atoms with E-state index in [0.717, 1.165) is 0 Å². The summed E-state index contributed by atoms with van der Waals surface area (Å²) in [6.45, 7) is 4.36. The summed E-state index contributed by atoms with van der Waals surface area (Å²) in [7, 11) is 0. The van der Waals surface area contributed by atoms with Gasteiger partial charge in [0, 0.05) is 12.0 Å². The highest BCUT2D eigenvalue weighted by atomic mass is 14.8. The van der Waals surface area contributed by atoms with E-state index in [1.54, 1.807) is 0 Å². The summed E-state index contributed by atoms with van der Waals surface area (Å²) in [4.78, 5) is 0. The number of hydrogen-bond donors (Lipinski definition) is 1. The molecular weight excluding hydrogens is 172 g/mol. The van der Waals surface area contributed by atoms with Crippen LogP contribution in [0.3, 0.4) is 0 Å². The molecule has 0 saturated heterocycles. The highest BCUT2D eigenvalue weighted by Gasteiger charge is 2.55. The smallest absolute Gasteiger partial charge is 0.0991 e. The summed E-state index contributed by atoms with van der Waals surface area (Å²) in [6, 6.07) is 10.1. The predicted molar refractivity (Wildman–Crippen MR) is 55.7 cm³/mol. The van der Waals surface area contributed by atoms with E-state index in [1.165, 1.54) is 5.56 Å². The molecule has 1 saturated carbocycles. The fourth-order valence-electron chi connectivity index (χ4n) is 2.08. The molecule has 2 rings (SSSR count). The van der Waals surface area contributed by atoms with Crippen molar-refractivity contribution in [3.63, 3.8) is 0 Å². The van der Waals surface area contributed by atoms with Gasteiger partial charge >= 0.3 is 0 Å². The molecule has 0 bridgehead atoms. The standard InChI is InChI=1S/C12H14N2/c1-12(2)10(11(12)14)9-5-3-8(7-13)4-6-9/h3-6,10-11H,14H2,1-2H3/t10-,11-/m0/s1. The van der Waals surface area contributed by atoms with Crippen LogP contribution in [-0.2, 0) is 0 Å². The quantitative estimate of drug-likeness (QED) is 0.729. The molecule has 0 unspecified atom stereocenters. The molecule has 0 amide bonds. The predicted octanol–water partition coefficient (Wildman–Crippen LogP) is 2.01. The minimum Gasteiger partial charge on any atom is -0.327 e. The van der Waals surface area contributed by atoms with Crippen molar-refractivity contribution in [2.45, 2.75) is 25.8 Å². The first-order valence-corrected chi connectivity index (χ1v) is 4.83. The molecule has 0 radical (unpaired) electrons. The summed E-state index contributed by atoms with van der Waals surface area (Å²) < 4.78 is 0. The number of nitrogens with two attached hydrogens (primary N) is 1. The topological polar surface area (TPSA) is 49.8 Å². The van der Waals surface area contributed by atoms with Crippen molar-refractivity contribution in [1.29, 1.82) is 5.26 Å². The van der Waals surface area contributed by atoms with Gasteiger partial charge in [0.2, 0.25) is 0 Å². The van der Waals surface area contributed by atoms with E-state index in [2.05, 4.69) is 19.9 Å². The van der Waals surface area contributed by atoms with Gasteiger partial charge in [-0.1, -0.05) is 26.0 Å². The Morgan fingerprint density at radius 2 is 1.79 bits per heavy atom. The summed E-state index contributed by atoms with van der Waals surface area (Å²) in [5.41, 5.74) is 8.16. The molecule has 1 fully saturated rings. The Morgan fingerprint density at radius 3 is 2.14 bits per heavy atom. The van der Waals surface area contributed by atoms with Crippen LogP contribution in [0.5, 0.6) is 0 Å². The van der Waals surface area contributed by atoms with Crippen LogP contribution in [-0.4, -0.2) is 6.04 Å². The normalized spacial score (nSPS) is 28.1. The van der Waals surface area contributed by atoms with Gasteiger partial charge in [0.15, 0.2) is 0 Å². The van der Waals surface area contributed by atoms with Crippen LogP contribution in [0.2, 0.25) is 0 Å². The number of hydrogen-bond acceptors (Lipinski definition) is 2. The van der Waals surface area contributed by atoms with Crippen LogP contribution in [0, 0.1) is 16.7 Å². The third-order valence-corrected chi connectivity index (χ3v) is 3.31. The lowest BCUT2D eigenvalue weighted by Gasteiger charge is -2.02. The lowest BCUT2D eigenvalue weighted by Crippen LogP contribution is -2.06. The molecule has 1 aromatic carbocycles. The van der Waals surface area contributed by atoms with E-state index < -0.39 is 0 Å². The van der Waals surface area contributed by atoms with Gasteiger partial charge in [0.05, 0.1) is 11.6 Å². The maximum Gasteiger partial charge on any atom is 0.0991 e. The first kappa shape index (κ1) is 9.23. The van der Waals surface area contributed by atoms with E-state index in [9.17, 15) is 0 Å². The van der Waals surface area contributed by atoms with Gasteiger partial charge < -0.3 is 5.73 Å². The second-order valence-electron chi connectivity index (χ2n) is 4.56. The van der Waals surface area contributed by atoms with Crippen molar-refractivity contribution in [2.24, 2.45) is 11.1 Å². The van der Waals surface area contributed by atoms with Crippen molar-refractivity contribution in [3.05, 3.63) is 35.4 Å². The molecule has 72 valence electrons. The highest BCUT2D eigenvalue weighted by molar-refractivity contribution is 5.38. The lowest BCUT2D eigenvalue weighted by molar-refractivity contribution is 0.599. The van der Waals surface area contributed by atoms with Gasteiger partial charge in [-0.2, -0.15) is 5.26 Å². The summed E-state index contributed by atoms with van der Waals surface area (Å²) in [5.74, 6) is 0.454. The second-order valence-corrected chi connectivity index (χ2v) is 4.56. The Balaban J connectivity index is 2.25. The molecule has 0 heterocycles. The summed E-state index contributed by atoms with van der Waals surface area (Å²) >= 11 is 0. The zero-order valence-electron chi connectivity index (χ0n) is 8.49. The van der Waals surface area contributed by atoms with Gasteiger partial charge in [-0.3, -0.25) is 0 Å². The van der Waals surface area contributed by atoms with Gasteiger partial charge in [-0.05, 0) is 23.1 Å². The first-order valence-electron chi connectivity index (χ1n) is 4.83. The molecule has 1 aliphatic carbocycles. The van der Waals surface area contributed by atoms with Crippen LogP contribution in [0.4, 0.5) is 0 Å². The van der Waals surface area contributed by atoms with Crippen LogP contribution in [0.15, 0.2) is 24.3 Å². The van der Waals surface area contributed by atoms with Crippen molar-refractivity contribution < 1.29 is 0 Å². The fourth-order valence-corrected chi connectivity index (χ4v) is 2.08. The van der Waals surface area contributed by atoms with Crippen LogP contribution in [0.25, 0.3) is 0 Å². The zero-order chi connectivity index (χ0) is 10.3. The monoisotopic (exact) mass is 186 g/mol. The Kier molecular flexibility index (Phi) is 1.87. The minimum atomic E-state index is 0.216. The second kappa shape index (κ2) is 2.83. The lowest BCUT2D eigenvalue weighted by atomic mass is 10.0. The van der Waals surface area contributed by atoms with Gasteiger partial charge in [-0.15, -0.1) is 0 Å². The Morgan fingerprint density at radius 1 is 1.29 bits per heavy atom. The Hall–Kier alpha value is -1.33. The van der Waals surface area contributed by atoms with E-state index in [4.69, 9.17) is 11.0 Å². The number of benzene rings is 1. The van der Waals surface area contributed by atoms with Crippen LogP contribution in [0.1, 0.15) is 30.9 Å². The van der Waals surface area contributed by atoms with Gasteiger partial charge in [-0.25, -0.2) is 0 Å². The molecule has 2 N–H and O–H groups in total. The van der Waals surface area contributed by atoms with Gasteiger partial charge in [0.1, 0.15) is 0 Å². The van der Waals surface area contributed by atoms with Crippen LogP contribution >= 0.6 is 0 Å². The van der Waals surface area contributed by atoms with E-state index in [-0.39, 0.29) is 11.5 Å². The Bertz CT molecular complexity index is 384. The van der Waals surface area contributed by atoms with Crippen molar-refractivity contribution >= 4 is 0 Å². The van der Waals surface area contributed by atoms with Crippen molar-refractivity contribution in [2.75, 3.05) is 0 Å². The minimum absolute atomic E-state index is 0.216.